The maximum atomic E-state index is 4.80. The zero-order valence-corrected chi connectivity index (χ0v) is 5.92. The topological polar surface area (TPSA) is 33.7 Å². The summed E-state index contributed by atoms with van der Waals surface area (Å²) in [7, 11) is 4.96. The fourth-order valence-corrected chi connectivity index (χ4v) is 0.227. The molecule has 0 bridgehead atoms. The predicted octanol–water partition coefficient (Wildman–Crippen LogP) is 0.102. The molecule has 0 heterocycles. The zero-order chi connectivity index (χ0) is 7.11. The molecule has 0 aliphatic rings. The summed E-state index contributed by atoms with van der Waals surface area (Å²) >= 11 is 0. The maximum Gasteiger partial charge on any atom is 0.130 e. The average molecular weight is 132 g/mol. The monoisotopic (exact) mass is 132 g/mol. The van der Waals surface area contributed by atoms with E-state index in [1.807, 2.05) is 0 Å². The number of nitrogens with zero attached hydrogens (tertiary/aromatic N) is 1. The lowest BCUT2D eigenvalue weighted by Crippen LogP contribution is -2.13. The lowest BCUT2D eigenvalue weighted by molar-refractivity contribution is -0.310. The van der Waals surface area contributed by atoms with Crippen molar-refractivity contribution in [2.75, 3.05) is 21.2 Å². The lowest BCUT2D eigenvalue weighted by atomic mass is 10.9. The third-order valence-corrected chi connectivity index (χ3v) is 0.701. The summed E-state index contributed by atoms with van der Waals surface area (Å²) in [6.07, 6.45) is 3.12. The van der Waals surface area contributed by atoms with Crippen LogP contribution < -0.4 is 5.32 Å². The second kappa shape index (κ2) is 5.40. The van der Waals surface area contributed by atoms with Crippen LogP contribution in [-0.4, -0.2) is 26.4 Å². The van der Waals surface area contributed by atoms with E-state index in [1.54, 1.807) is 20.3 Å². The van der Waals surface area contributed by atoms with Gasteiger partial charge in [-0.15, -0.1) is 0 Å². The largest absolute Gasteiger partial charge is 0.391 e. The first kappa shape index (κ1) is 8.26. The van der Waals surface area contributed by atoms with Crippen LogP contribution in [0.15, 0.2) is 12.5 Å². The van der Waals surface area contributed by atoms with E-state index in [-0.39, 0.29) is 0 Å². The van der Waals surface area contributed by atoms with Crippen LogP contribution in [0, 0.1) is 0 Å². The molecular weight excluding hydrogens is 120 g/mol. The lowest BCUT2D eigenvalue weighted by Gasteiger charge is -2.09. The van der Waals surface area contributed by atoms with Gasteiger partial charge in [0.25, 0.3) is 0 Å². The van der Waals surface area contributed by atoms with Crippen molar-refractivity contribution in [1.29, 1.82) is 0 Å². The van der Waals surface area contributed by atoms with Crippen molar-refractivity contribution in [3.8, 4) is 0 Å². The molecule has 0 radical (unpaired) electrons. The Morgan fingerprint density at radius 3 is 2.67 bits per heavy atom. The molecule has 0 aliphatic heterocycles. The molecule has 0 aromatic heterocycles. The highest BCUT2D eigenvalue weighted by Gasteiger charge is 1.85. The van der Waals surface area contributed by atoms with E-state index in [0.717, 1.165) is 0 Å². The highest BCUT2D eigenvalue weighted by Crippen LogP contribution is 1.82. The van der Waals surface area contributed by atoms with Crippen molar-refractivity contribution in [3.63, 3.8) is 0 Å². The summed E-state index contributed by atoms with van der Waals surface area (Å²) in [6, 6.07) is 0. The Balaban J connectivity index is 3.15. The minimum absolute atomic E-state index is 1.23. The Morgan fingerprint density at radius 1 is 1.56 bits per heavy atom. The zero-order valence-electron chi connectivity index (χ0n) is 5.92. The molecule has 4 nitrogen and oxygen atoms in total. The van der Waals surface area contributed by atoms with Gasteiger partial charge < -0.3 is 10.2 Å². The van der Waals surface area contributed by atoms with E-state index in [0.29, 0.717) is 0 Å². The van der Waals surface area contributed by atoms with E-state index in [1.165, 1.54) is 18.6 Å². The molecule has 0 spiro atoms. The Hall–Kier alpha value is -0.740. The van der Waals surface area contributed by atoms with Crippen LogP contribution in [0.1, 0.15) is 0 Å². The first-order chi connectivity index (χ1) is 4.31. The van der Waals surface area contributed by atoms with Crippen LogP contribution in [0.25, 0.3) is 0 Å². The van der Waals surface area contributed by atoms with Crippen molar-refractivity contribution in [2.24, 2.45) is 0 Å². The maximum absolute atomic E-state index is 4.80. The summed E-state index contributed by atoms with van der Waals surface area (Å²) in [6.45, 7) is 0. The molecule has 0 unspecified atom stereocenters. The highest BCUT2D eigenvalue weighted by atomic mass is 16.9. The molecule has 4 heteroatoms. The van der Waals surface area contributed by atoms with Crippen molar-refractivity contribution < 1.29 is 9.68 Å². The van der Waals surface area contributed by atoms with E-state index < -0.39 is 0 Å². The molecule has 54 valence electrons. The van der Waals surface area contributed by atoms with Gasteiger partial charge in [-0.2, -0.15) is 0 Å². The minimum atomic E-state index is 1.23. The quantitative estimate of drug-likeness (QED) is 0.434. The summed E-state index contributed by atoms with van der Waals surface area (Å²) < 4.78 is 0. The van der Waals surface area contributed by atoms with E-state index >= 15 is 0 Å². The first-order valence-corrected chi connectivity index (χ1v) is 2.58. The minimum Gasteiger partial charge on any atom is -0.391 e. The van der Waals surface area contributed by atoms with Gasteiger partial charge >= 0.3 is 0 Å². The number of hydrogen-bond donors (Lipinski definition) is 1. The fraction of sp³-hybridized carbons (Fsp3) is 0.600. The number of hydroxylamine groups is 2. The molecule has 0 rings (SSSR count). The first-order valence-electron chi connectivity index (χ1n) is 2.58. The van der Waals surface area contributed by atoms with Crippen LogP contribution in [0.2, 0.25) is 0 Å². The number of nitrogens with one attached hydrogen (secondary N) is 1. The number of hydrogen-bond acceptors (Lipinski definition) is 4. The average Bonchev–Trinajstić information content (AvgIpc) is 1.89. The van der Waals surface area contributed by atoms with Crippen molar-refractivity contribution in [2.45, 2.75) is 0 Å². The van der Waals surface area contributed by atoms with Gasteiger partial charge in [-0.05, 0) is 5.23 Å². The highest BCUT2D eigenvalue weighted by molar-refractivity contribution is 4.65. The van der Waals surface area contributed by atoms with Crippen LogP contribution in [0.4, 0.5) is 0 Å². The molecule has 0 aromatic carbocycles. The van der Waals surface area contributed by atoms with E-state index in [2.05, 4.69) is 10.2 Å². The molecule has 0 atom stereocenters. The van der Waals surface area contributed by atoms with Gasteiger partial charge in [0.15, 0.2) is 0 Å². The molecule has 0 aromatic rings. The molecule has 9 heavy (non-hydrogen) atoms. The molecule has 1 N–H and O–H groups in total. The molecular formula is C5H12N2O2. The van der Waals surface area contributed by atoms with Crippen LogP contribution in [-0.2, 0) is 9.68 Å². The summed E-state index contributed by atoms with van der Waals surface area (Å²) in [5, 5.41) is 3.99. The van der Waals surface area contributed by atoms with Crippen molar-refractivity contribution in [1.82, 2.24) is 10.5 Å². The third kappa shape index (κ3) is 5.13. The fourth-order valence-electron chi connectivity index (χ4n) is 0.227. The Labute approximate surface area is 55.0 Å². The van der Waals surface area contributed by atoms with Crippen molar-refractivity contribution in [3.05, 3.63) is 12.5 Å². The van der Waals surface area contributed by atoms with Gasteiger partial charge in [0, 0.05) is 13.2 Å². The molecule has 0 amide bonds. The van der Waals surface area contributed by atoms with Gasteiger partial charge in [0.05, 0.1) is 14.2 Å². The molecule has 0 saturated carbocycles. The van der Waals surface area contributed by atoms with Gasteiger partial charge in [0.2, 0.25) is 0 Å². The van der Waals surface area contributed by atoms with Gasteiger partial charge in [0.1, 0.15) is 6.26 Å². The SMILES string of the molecule is CN/C=C\ON(C)OC. The predicted molar refractivity (Wildman–Crippen MR) is 34.1 cm³/mol. The normalized spacial score (nSPS) is 10.7. The van der Waals surface area contributed by atoms with Gasteiger partial charge in [-0.3, -0.25) is 4.84 Å². The van der Waals surface area contributed by atoms with E-state index in [4.69, 9.17) is 4.84 Å². The van der Waals surface area contributed by atoms with Crippen molar-refractivity contribution >= 4 is 0 Å². The number of rotatable bonds is 4. The molecule has 0 aliphatic carbocycles. The van der Waals surface area contributed by atoms with E-state index in [9.17, 15) is 0 Å². The third-order valence-electron chi connectivity index (χ3n) is 0.701. The second-order valence-electron chi connectivity index (χ2n) is 1.32. The standard InChI is InChI=1S/C5H12N2O2/c1-6-4-5-9-7(2)8-3/h4-6H,1-3H3/b5-4-. The molecule has 0 saturated heterocycles. The van der Waals surface area contributed by atoms with Crippen LogP contribution in [0.3, 0.4) is 0 Å². The summed E-state index contributed by atoms with van der Waals surface area (Å²) in [5.74, 6) is 0. The molecule has 0 fully saturated rings. The second-order valence-corrected chi connectivity index (χ2v) is 1.32. The summed E-state index contributed by atoms with van der Waals surface area (Å²) in [4.78, 5) is 9.43. The smallest absolute Gasteiger partial charge is 0.130 e. The van der Waals surface area contributed by atoms with Gasteiger partial charge in [-0.25, -0.2) is 0 Å². The Bertz CT molecular complexity index is 85.0. The summed E-state index contributed by atoms with van der Waals surface area (Å²) in [5.41, 5.74) is 0. The Morgan fingerprint density at radius 2 is 2.22 bits per heavy atom. The Kier molecular flexibility index (Phi) is 4.95. The van der Waals surface area contributed by atoms with Crippen LogP contribution >= 0.6 is 0 Å². The van der Waals surface area contributed by atoms with Gasteiger partial charge in [-0.1, -0.05) is 0 Å². The van der Waals surface area contributed by atoms with Crippen LogP contribution in [0.5, 0.6) is 0 Å².